The molecule has 0 bridgehead atoms. The van der Waals surface area contributed by atoms with E-state index in [-0.39, 0.29) is 0 Å². The Morgan fingerprint density at radius 3 is 1.82 bits per heavy atom. The van der Waals surface area contributed by atoms with Crippen molar-refractivity contribution in [3.05, 3.63) is 0 Å². The van der Waals surface area contributed by atoms with Crippen LogP contribution < -0.4 is 5.32 Å². The quantitative estimate of drug-likeness (QED) is 0.645. The van der Waals surface area contributed by atoms with Crippen molar-refractivity contribution in [2.24, 2.45) is 11.8 Å². The van der Waals surface area contributed by atoms with E-state index in [1.807, 2.05) is 0 Å². The molecule has 0 aromatic carbocycles. The van der Waals surface area contributed by atoms with E-state index in [0.717, 1.165) is 11.8 Å². The third-order valence-electron chi connectivity index (χ3n) is 3.28. The summed E-state index contributed by atoms with van der Waals surface area (Å²) in [7, 11) is 0. The molecule has 0 saturated carbocycles. The molecular weight excluding hydrogens is 134 g/mol. The molecule has 0 aromatic rings. The van der Waals surface area contributed by atoms with Crippen LogP contribution in [0.3, 0.4) is 0 Å². The third kappa shape index (κ3) is 1.44. The average Bonchev–Trinajstić information content (AvgIpc) is 2.34. The van der Waals surface area contributed by atoms with Gasteiger partial charge in [0.25, 0.3) is 0 Å². The van der Waals surface area contributed by atoms with E-state index in [2.05, 4.69) is 33.0 Å². The van der Waals surface area contributed by atoms with Crippen LogP contribution in [0.15, 0.2) is 0 Å². The van der Waals surface area contributed by atoms with E-state index in [1.165, 1.54) is 19.4 Å². The minimum absolute atomic E-state index is 0.444. The van der Waals surface area contributed by atoms with Crippen LogP contribution in [0.5, 0.6) is 0 Å². The van der Waals surface area contributed by atoms with E-state index in [9.17, 15) is 0 Å². The second kappa shape index (κ2) is 3.14. The van der Waals surface area contributed by atoms with Crippen LogP contribution in [-0.4, -0.2) is 12.1 Å². The van der Waals surface area contributed by atoms with Gasteiger partial charge in [-0.2, -0.15) is 0 Å². The fraction of sp³-hybridized carbons (Fsp3) is 1.00. The second-order valence-electron chi connectivity index (χ2n) is 4.38. The molecular formula is C10H21N. The molecule has 0 unspecified atom stereocenters. The fourth-order valence-electron chi connectivity index (χ4n) is 2.44. The normalized spacial score (nSPS) is 23.5. The van der Waals surface area contributed by atoms with Crippen molar-refractivity contribution in [3.8, 4) is 0 Å². The summed E-state index contributed by atoms with van der Waals surface area (Å²) in [5.74, 6) is 1.54. The van der Waals surface area contributed by atoms with Crippen LogP contribution in [0.25, 0.3) is 0 Å². The monoisotopic (exact) mass is 155 g/mol. The maximum Gasteiger partial charge on any atom is 0.0227 e. The number of hydrogen-bond acceptors (Lipinski definition) is 1. The average molecular weight is 155 g/mol. The Labute approximate surface area is 70.6 Å². The van der Waals surface area contributed by atoms with Crippen LogP contribution in [0.1, 0.15) is 40.5 Å². The van der Waals surface area contributed by atoms with Crippen molar-refractivity contribution in [1.82, 2.24) is 5.32 Å². The Morgan fingerprint density at radius 2 is 1.64 bits per heavy atom. The zero-order chi connectivity index (χ0) is 8.48. The molecule has 1 nitrogen and oxygen atoms in total. The second-order valence-corrected chi connectivity index (χ2v) is 4.38. The Morgan fingerprint density at radius 1 is 1.09 bits per heavy atom. The Kier molecular flexibility index (Phi) is 2.58. The van der Waals surface area contributed by atoms with Gasteiger partial charge in [-0.1, -0.05) is 27.7 Å². The number of rotatable bonds is 2. The van der Waals surface area contributed by atoms with Crippen molar-refractivity contribution in [2.75, 3.05) is 6.54 Å². The molecule has 1 fully saturated rings. The van der Waals surface area contributed by atoms with Gasteiger partial charge in [0, 0.05) is 5.54 Å². The highest BCUT2D eigenvalue weighted by Crippen LogP contribution is 2.34. The van der Waals surface area contributed by atoms with Gasteiger partial charge in [0.2, 0.25) is 0 Å². The van der Waals surface area contributed by atoms with Gasteiger partial charge in [-0.3, -0.25) is 0 Å². The molecule has 0 aliphatic carbocycles. The number of nitrogens with one attached hydrogen (secondary N) is 1. The van der Waals surface area contributed by atoms with Crippen LogP contribution in [0.4, 0.5) is 0 Å². The third-order valence-corrected chi connectivity index (χ3v) is 3.28. The molecule has 0 amide bonds. The molecule has 1 heteroatoms. The molecule has 0 spiro atoms. The van der Waals surface area contributed by atoms with E-state index < -0.39 is 0 Å². The first-order valence-corrected chi connectivity index (χ1v) is 4.84. The van der Waals surface area contributed by atoms with Gasteiger partial charge >= 0.3 is 0 Å². The molecule has 1 aliphatic heterocycles. The Hall–Kier alpha value is -0.0400. The molecule has 1 N–H and O–H groups in total. The van der Waals surface area contributed by atoms with E-state index in [0.29, 0.717) is 5.54 Å². The van der Waals surface area contributed by atoms with E-state index >= 15 is 0 Å². The summed E-state index contributed by atoms with van der Waals surface area (Å²) in [6.07, 6.45) is 2.72. The predicted octanol–water partition coefficient (Wildman–Crippen LogP) is 2.42. The van der Waals surface area contributed by atoms with Crippen molar-refractivity contribution in [3.63, 3.8) is 0 Å². The minimum atomic E-state index is 0.444. The molecule has 1 rings (SSSR count). The first-order chi connectivity index (χ1) is 5.09. The first-order valence-electron chi connectivity index (χ1n) is 4.84. The molecule has 11 heavy (non-hydrogen) atoms. The van der Waals surface area contributed by atoms with Crippen LogP contribution in [0, 0.1) is 11.8 Å². The highest BCUT2D eigenvalue weighted by atomic mass is 15.0. The summed E-state index contributed by atoms with van der Waals surface area (Å²) in [6, 6.07) is 0. The van der Waals surface area contributed by atoms with Crippen molar-refractivity contribution in [1.29, 1.82) is 0 Å². The van der Waals surface area contributed by atoms with Gasteiger partial charge in [-0.25, -0.2) is 0 Å². The zero-order valence-electron chi connectivity index (χ0n) is 8.28. The topological polar surface area (TPSA) is 12.0 Å². The van der Waals surface area contributed by atoms with Crippen LogP contribution in [0.2, 0.25) is 0 Å². The molecule has 1 heterocycles. The summed E-state index contributed by atoms with van der Waals surface area (Å²) in [4.78, 5) is 0. The summed E-state index contributed by atoms with van der Waals surface area (Å²) < 4.78 is 0. The minimum Gasteiger partial charge on any atom is -0.311 e. The summed E-state index contributed by atoms with van der Waals surface area (Å²) in [6.45, 7) is 10.5. The standard InChI is InChI=1S/C10H21N/c1-8(2)10(9(3)4)6-5-7-11-10/h8-9,11H,5-7H2,1-4H3. The molecule has 0 atom stereocenters. The summed E-state index contributed by atoms with van der Waals surface area (Å²) in [5, 5.41) is 3.67. The lowest BCUT2D eigenvalue weighted by Gasteiger charge is -2.38. The lowest BCUT2D eigenvalue weighted by Crippen LogP contribution is -2.49. The number of hydrogen-bond donors (Lipinski definition) is 1. The van der Waals surface area contributed by atoms with Gasteiger partial charge in [-0.05, 0) is 31.2 Å². The predicted molar refractivity (Wildman–Crippen MR) is 49.6 cm³/mol. The van der Waals surface area contributed by atoms with Crippen molar-refractivity contribution in [2.45, 2.75) is 46.1 Å². The maximum absolute atomic E-state index is 3.67. The van der Waals surface area contributed by atoms with Crippen LogP contribution in [-0.2, 0) is 0 Å². The smallest absolute Gasteiger partial charge is 0.0227 e. The van der Waals surface area contributed by atoms with Gasteiger partial charge in [0.05, 0.1) is 0 Å². The SMILES string of the molecule is CC(C)C1(C(C)C)CCCN1. The van der Waals surface area contributed by atoms with E-state index in [1.54, 1.807) is 0 Å². The van der Waals surface area contributed by atoms with Crippen molar-refractivity contribution < 1.29 is 0 Å². The largest absolute Gasteiger partial charge is 0.311 e. The highest BCUT2D eigenvalue weighted by molar-refractivity contribution is 4.97. The summed E-state index contributed by atoms with van der Waals surface area (Å²) >= 11 is 0. The van der Waals surface area contributed by atoms with Gasteiger partial charge in [0.15, 0.2) is 0 Å². The first kappa shape index (κ1) is 9.05. The van der Waals surface area contributed by atoms with Gasteiger partial charge < -0.3 is 5.32 Å². The molecule has 1 saturated heterocycles. The van der Waals surface area contributed by atoms with Crippen LogP contribution >= 0.6 is 0 Å². The van der Waals surface area contributed by atoms with Gasteiger partial charge in [0.1, 0.15) is 0 Å². The lowest BCUT2D eigenvalue weighted by atomic mass is 9.76. The Bertz CT molecular complexity index is 111. The lowest BCUT2D eigenvalue weighted by molar-refractivity contribution is 0.193. The Balaban J connectivity index is 2.70. The molecule has 66 valence electrons. The zero-order valence-corrected chi connectivity index (χ0v) is 8.28. The maximum atomic E-state index is 3.67. The van der Waals surface area contributed by atoms with Crippen molar-refractivity contribution >= 4 is 0 Å². The fourth-order valence-corrected chi connectivity index (χ4v) is 2.44. The highest BCUT2D eigenvalue weighted by Gasteiger charge is 2.38. The summed E-state index contributed by atoms with van der Waals surface area (Å²) in [5.41, 5.74) is 0.444. The molecule has 0 radical (unpaired) electrons. The van der Waals surface area contributed by atoms with E-state index in [4.69, 9.17) is 0 Å². The van der Waals surface area contributed by atoms with Gasteiger partial charge in [-0.15, -0.1) is 0 Å². The molecule has 1 aliphatic rings. The molecule has 0 aromatic heterocycles.